The van der Waals surface area contributed by atoms with E-state index in [1.807, 2.05) is 32.2 Å². The Hall–Kier alpha value is -1.82. The molecule has 18 heavy (non-hydrogen) atoms. The second-order valence-electron chi connectivity index (χ2n) is 4.29. The molecular weight excluding hydrogens is 232 g/mol. The number of ether oxygens (including phenoxy) is 1. The molecular formula is C12H20N4O2. The lowest BCUT2D eigenvalue weighted by atomic mass is 10.1. The Bertz CT molecular complexity index is 409. The highest BCUT2D eigenvalue weighted by Gasteiger charge is 2.11. The topological polar surface area (TPSA) is 84.0 Å². The number of nitrogens with zero attached hydrogens (tertiary/aromatic N) is 3. The third-order valence-electron chi connectivity index (χ3n) is 2.63. The van der Waals surface area contributed by atoms with Gasteiger partial charge < -0.3 is 15.7 Å². The van der Waals surface area contributed by atoms with Gasteiger partial charge in [0.15, 0.2) is 0 Å². The van der Waals surface area contributed by atoms with Crippen molar-refractivity contribution in [2.45, 2.75) is 13.5 Å². The van der Waals surface area contributed by atoms with Crippen LogP contribution in [0, 0.1) is 5.92 Å². The molecule has 0 aromatic carbocycles. The summed E-state index contributed by atoms with van der Waals surface area (Å²) in [7, 11) is 3.55. The van der Waals surface area contributed by atoms with Gasteiger partial charge in [-0.15, -0.1) is 0 Å². The van der Waals surface area contributed by atoms with E-state index in [1.54, 1.807) is 7.11 Å². The van der Waals surface area contributed by atoms with Crippen molar-refractivity contribution < 1.29 is 9.94 Å². The van der Waals surface area contributed by atoms with Gasteiger partial charge in [0, 0.05) is 25.1 Å². The van der Waals surface area contributed by atoms with Gasteiger partial charge in [0.05, 0.1) is 12.8 Å². The molecule has 100 valence electrons. The molecule has 0 amide bonds. The first-order chi connectivity index (χ1) is 8.56. The van der Waals surface area contributed by atoms with Gasteiger partial charge in [-0.1, -0.05) is 18.1 Å². The van der Waals surface area contributed by atoms with Crippen molar-refractivity contribution in [3.8, 4) is 5.88 Å². The molecule has 1 aromatic heterocycles. The largest absolute Gasteiger partial charge is 0.481 e. The minimum absolute atomic E-state index is 0.00870. The summed E-state index contributed by atoms with van der Waals surface area (Å²) >= 11 is 0. The number of rotatable bonds is 6. The number of aromatic nitrogens is 1. The van der Waals surface area contributed by atoms with E-state index in [-0.39, 0.29) is 11.8 Å². The first kappa shape index (κ1) is 14.2. The number of amidine groups is 1. The Morgan fingerprint density at radius 1 is 1.61 bits per heavy atom. The normalized spacial score (nSPS) is 13.7. The molecule has 0 aliphatic carbocycles. The highest BCUT2D eigenvalue weighted by molar-refractivity contribution is 5.82. The molecule has 0 aliphatic rings. The predicted octanol–water partition coefficient (Wildman–Crippen LogP) is 0.905. The van der Waals surface area contributed by atoms with Crippen molar-refractivity contribution in [1.29, 1.82) is 0 Å². The zero-order valence-corrected chi connectivity index (χ0v) is 11.0. The predicted molar refractivity (Wildman–Crippen MR) is 69.7 cm³/mol. The lowest BCUT2D eigenvalue weighted by molar-refractivity contribution is 0.287. The maximum atomic E-state index is 8.59. The van der Waals surface area contributed by atoms with Gasteiger partial charge in [-0.3, -0.25) is 4.90 Å². The smallest absolute Gasteiger partial charge is 0.213 e. The van der Waals surface area contributed by atoms with Gasteiger partial charge in [-0.05, 0) is 13.1 Å². The molecule has 1 aromatic rings. The molecule has 6 heteroatoms. The number of hydrogen-bond donors (Lipinski definition) is 2. The molecule has 1 rings (SSSR count). The number of methoxy groups -OCH3 is 1. The summed E-state index contributed by atoms with van der Waals surface area (Å²) in [6.45, 7) is 3.28. The van der Waals surface area contributed by atoms with E-state index < -0.39 is 0 Å². The number of nitrogens with two attached hydrogens (primary N) is 1. The average molecular weight is 252 g/mol. The third kappa shape index (κ3) is 4.21. The zero-order valence-electron chi connectivity index (χ0n) is 11.0. The van der Waals surface area contributed by atoms with Crippen molar-refractivity contribution in [3.05, 3.63) is 23.9 Å². The summed E-state index contributed by atoms with van der Waals surface area (Å²) in [6.07, 6.45) is 0. The van der Waals surface area contributed by atoms with Crippen LogP contribution in [-0.4, -0.2) is 41.6 Å². The minimum atomic E-state index is -0.00870. The Morgan fingerprint density at radius 3 is 2.94 bits per heavy atom. The molecule has 0 aliphatic heterocycles. The molecule has 1 heterocycles. The van der Waals surface area contributed by atoms with Crippen LogP contribution < -0.4 is 10.5 Å². The number of hydrogen-bond acceptors (Lipinski definition) is 5. The summed E-state index contributed by atoms with van der Waals surface area (Å²) in [5.74, 6) is 0.830. The summed E-state index contributed by atoms with van der Waals surface area (Å²) in [6, 6.07) is 5.65. The maximum Gasteiger partial charge on any atom is 0.213 e. The van der Waals surface area contributed by atoms with Gasteiger partial charge >= 0.3 is 0 Å². The Labute approximate surface area is 107 Å². The lowest BCUT2D eigenvalue weighted by Crippen LogP contribution is -2.32. The molecule has 0 saturated carbocycles. The Morgan fingerprint density at radius 2 is 2.33 bits per heavy atom. The standard InChI is InChI=1S/C12H20N4O2/c1-9(12(13)15-17)7-16(2)8-10-5-4-6-11(14-10)18-3/h4-6,9,17H,7-8H2,1-3H3,(H2,13,15). The van der Waals surface area contributed by atoms with E-state index in [4.69, 9.17) is 15.7 Å². The van der Waals surface area contributed by atoms with Gasteiger partial charge in [0.25, 0.3) is 0 Å². The summed E-state index contributed by atoms with van der Waals surface area (Å²) in [4.78, 5) is 6.39. The average Bonchev–Trinajstić information content (AvgIpc) is 2.37. The SMILES string of the molecule is COc1cccc(CN(C)CC(C)C(N)=NO)n1. The van der Waals surface area contributed by atoms with Crippen LogP contribution in [0.4, 0.5) is 0 Å². The lowest BCUT2D eigenvalue weighted by Gasteiger charge is -2.20. The fourth-order valence-electron chi connectivity index (χ4n) is 1.66. The second kappa shape index (κ2) is 6.80. The van der Waals surface area contributed by atoms with E-state index in [2.05, 4.69) is 15.0 Å². The third-order valence-corrected chi connectivity index (χ3v) is 2.63. The van der Waals surface area contributed by atoms with Crippen LogP contribution in [0.2, 0.25) is 0 Å². The van der Waals surface area contributed by atoms with E-state index in [1.165, 1.54) is 0 Å². The molecule has 0 fully saturated rings. The Balaban J connectivity index is 2.56. The molecule has 0 saturated heterocycles. The highest BCUT2D eigenvalue weighted by Crippen LogP contribution is 2.09. The van der Waals surface area contributed by atoms with Crippen LogP contribution in [-0.2, 0) is 6.54 Å². The fraction of sp³-hybridized carbons (Fsp3) is 0.500. The van der Waals surface area contributed by atoms with Gasteiger partial charge in [-0.25, -0.2) is 4.98 Å². The summed E-state index contributed by atoms with van der Waals surface area (Å²) < 4.78 is 5.07. The highest BCUT2D eigenvalue weighted by atomic mass is 16.5. The maximum absolute atomic E-state index is 8.59. The second-order valence-corrected chi connectivity index (χ2v) is 4.29. The van der Waals surface area contributed by atoms with Crippen molar-refractivity contribution in [2.75, 3.05) is 20.7 Å². The van der Waals surface area contributed by atoms with Crippen molar-refractivity contribution >= 4 is 5.84 Å². The quantitative estimate of drug-likeness (QED) is 0.340. The van der Waals surface area contributed by atoms with Crippen LogP contribution >= 0.6 is 0 Å². The van der Waals surface area contributed by atoms with Crippen LogP contribution in [0.25, 0.3) is 0 Å². The molecule has 3 N–H and O–H groups in total. The fourth-order valence-corrected chi connectivity index (χ4v) is 1.66. The first-order valence-electron chi connectivity index (χ1n) is 5.72. The van der Waals surface area contributed by atoms with Crippen molar-refractivity contribution in [3.63, 3.8) is 0 Å². The van der Waals surface area contributed by atoms with Crippen LogP contribution in [0.15, 0.2) is 23.4 Å². The monoisotopic (exact) mass is 252 g/mol. The summed E-state index contributed by atoms with van der Waals surface area (Å²) in [5.41, 5.74) is 6.46. The van der Waals surface area contributed by atoms with Crippen molar-refractivity contribution in [1.82, 2.24) is 9.88 Å². The van der Waals surface area contributed by atoms with Gasteiger partial charge in [0.1, 0.15) is 5.84 Å². The van der Waals surface area contributed by atoms with Gasteiger partial charge in [-0.2, -0.15) is 0 Å². The number of pyridine rings is 1. The molecule has 0 bridgehead atoms. The van der Waals surface area contributed by atoms with E-state index in [9.17, 15) is 0 Å². The molecule has 0 radical (unpaired) electrons. The molecule has 0 spiro atoms. The Kier molecular flexibility index (Phi) is 5.38. The van der Waals surface area contributed by atoms with Gasteiger partial charge in [0.2, 0.25) is 5.88 Å². The van der Waals surface area contributed by atoms with Crippen LogP contribution in [0.3, 0.4) is 0 Å². The van der Waals surface area contributed by atoms with E-state index in [0.717, 1.165) is 5.69 Å². The first-order valence-corrected chi connectivity index (χ1v) is 5.72. The molecule has 1 unspecified atom stereocenters. The van der Waals surface area contributed by atoms with Crippen LogP contribution in [0.5, 0.6) is 5.88 Å². The number of oxime groups is 1. The molecule has 1 atom stereocenters. The zero-order chi connectivity index (χ0) is 13.5. The van der Waals surface area contributed by atoms with Crippen LogP contribution in [0.1, 0.15) is 12.6 Å². The minimum Gasteiger partial charge on any atom is -0.481 e. The molecule has 6 nitrogen and oxygen atoms in total. The van der Waals surface area contributed by atoms with E-state index >= 15 is 0 Å². The van der Waals surface area contributed by atoms with E-state index in [0.29, 0.717) is 19.0 Å². The van der Waals surface area contributed by atoms with Crippen molar-refractivity contribution in [2.24, 2.45) is 16.8 Å². The summed E-state index contributed by atoms with van der Waals surface area (Å²) in [5, 5.41) is 11.6.